The maximum Gasteiger partial charge on any atom is 0.272 e. The topological polar surface area (TPSA) is 111 Å². The third-order valence-corrected chi connectivity index (χ3v) is 5.25. The number of nitrogens with one attached hydrogen (secondary N) is 1. The van der Waals surface area contributed by atoms with Gasteiger partial charge in [0.2, 0.25) is 5.88 Å². The third-order valence-electron chi connectivity index (χ3n) is 3.48. The van der Waals surface area contributed by atoms with Crippen LogP contribution < -0.4 is 10.1 Å². The summed E-state index contributed by atoms with van der Waals surface area (Å²) in [6, 6.07) is 1.02. The van der Waals surface area contributed by atoms with Crippen LogP contribution in [0.2, 0.25) is 0 Å². The van der Waals surface area contributed by atoms with E-state index in [1.165, 1.54) is 15.6 Å². The number of aryl methyl sites for hydroxylation is 1. The van der Waals surface area contributed by atoms with Crippen molar-refractivity contribution in [1.82, 2.24) is 20.0 Å². The summed E-state index contributed by atoms with van der Waals surface area (Å²) >= 11 is 0. The minimum absolute atomic E-state index is 0.0493. The van der Waals surface area contributed by atoms with E-state index < -0.39 is 21.8 Å². The molecule has 0 bridgehead atoms. The first kappa shape index (κ1) is 17.3. The van der Waals surface area contributed by atoms with Crippen LogP contribution in [0.4, 0.5) is 0 Å². The molecular weight excluding hydrogens is 324 g/mol. The van der Waals surface area contributed by atoms with Crippen LogP contribution in [0.25, 0.3) is 0 Å². The summed E-state index contributed by atoms with van der Waals surface area (Å²) in [6.45, 7) is -0.158. The lowest BCUT2D eigenvalue weighted by atomic mass is 10.2. The quantitative estimate of drug-likeness (QED) is 0.719. The molecule has 128 valence electrons. The van der Waals surface area contributed by atoms with Gasteiger partial charge in [0.1, 0.15) is 0 Å². The van der Waals surface area contributed by atoms with E-state index in [-0.39, 0.29) is 35.6 Å². The van der Waals surface area contributed by atoms with Gasteiger partial charge < -0.3 is 15.0 Å². The average Bonchev–Trinajstić information content (AvgIpc) is 2.98. The van der Waals surface area contributed by atoms with Crippen LogP contribution in [-0.2, 0) is 21.7 Å². The van der Waals surface area contributed by atoms with Gasteiger partial charge in [0.15, 0.2) is 22.1 Å². The van der Waals surface area contributed by atoms with Crippen molar-refractivity contribution in [3.63, 3.8) is 0 Å². The van der Waals surface area contributed by atoms with Crippen LogP contribution in [0.15, 0.2) is 6.07 Å². The van der Waals surface area contributed by atoms with Gasteiger partial charge in [0.25, 0.3) is 11.8 Å². The van der Waals surface area contributed by atoms with Gasteiger partial charge in [0.05, 0.1) is 11.5 Å². The highest BCUT2D eigenvalue weighted by Crippen LogP contribution is 2.15. The van der Waals surface area contributed by atoms with E-state index in [2.05, 4.69) is 10.4 Å². The standard InChI is InChI=1S/C13H20N4O5S/c1-16(2)11(18)7-22-12-6-10(15-17(12)3)13(19)14-9-4-5-23(20,21)8-9/h6,9H,4-5,7-8H2,1-3H3,(H,14,19)/t9-/m0/s1. The van der Waals surface area contributed by atoms with Crippen LogP contribution in [0.1, 0.15) is 16.9 Å². The number of carbonyl (C=O) groups is 2. The number of sulfone groups is 1. The molecule has 0 radical (unpaired) electrons. The fourth-order valence-corrected chi connectivity index (χ4v) is 3.80. The molecule has 1 fully saturated rings. The molecule has 23 heavy (non-hydrogen) atoms. The van der Waals surface area contributed by atoms with E-state index in [0.717, 1.165) is 0 Å². The molecule has 1 aromatic rings. The van der Waals surface area contributed by atoms with Crippen molar-refractivity contribution in [3.05, 3.63) is 11.8 Å². The van der Waals surface area contributed by atoms with Gasteiger partial charge in [-0.1, -0.05) is 0 Å². The van der Waals surface area contributed by atoms with E-state index in [9.17, 15) is 18.0 Å². The maximum absolute atomic E-state index is 12.1. The molecule has 0 aromatic carbocycles. The number of nitrogens with zero attached hydrogens (tertiary/aromatic N) is 3. The fourth-order valence-electron chi connectivity index (χ4n) is 2.13. The molecule has 2 rings (SSSR count). The van der Waals surface area contributed by atoms with E-state index >= 15 is 0 Å². The second-order valence-electron chi connectivity index (χ2n) is 5.64. The van der Waals surface area contributed by atoms with Crippen LogP contribution >= 0.6 is 0 Å². The predicted octanol–water partition coefficient (Wildman–Crippen LogP) is -1.20. The Morgan fingerprint density at radius 3 is 2.74 bits per heavy atom. The van der Waals surface area contributed by atoms with Crippen molar-refractivity contribution >= 4 is 21.7 Å². The number of hydrogen-bond donors (Lipinski definition) is 1. The summed E-state index contributed by atoms with van der Waals surface area (Å²) in [7, 11) is 1.76. The molecule has 1 aliphatic heterocycles. The number of amides is 2. The Kier molecular flexibility index (Phi) is 4.93. The smallest absolute Gasteiger partial charge is 0.272 e. The first-order valence-corrected chi connectivity index (χ1v) is 8.88. The largest absolute Gasteiger partial charge is 0.468 e. The Morgan fingerprint density at radius 1 is 1.48 bits per heavy atom. The molecule has 0 unspecified atom stereocenters. The van der Waals surface area contributed by atoms with Crippen molar-refractivity contribution in [2.24, 2.45) is 7.05 Å². The monoisotopic (exact) mass is 344 g/mol. The molecule has 0 saturated carbocycles. The molecule has 0 spiro atoms. The van der Waals surface area contributed by atoms with Gasteiger partial charge in [-0.2, -0.15) is 5.10 Å². The fraction of sp³-hybridized carbons (Fsp3) is 0.615. The van der Waals surface area contributed by atoms with Crippen LogP contribution in [0, 0.1) is 0 Å². The molecule has 9 nitrogen and oxygen atoms in total. The summed E-state index contributed by atoms with van der Waals surface area (Å²) in [6.07, 6.45) is 0.404. The lowest BCUT2D eigenvalue weighted by Gasteiger charge is -2.10. The number of rotatable bonds is 5. The Balaban J connectivity index is 1.97. The Hall–Kier alpha value is -2.10. The predicted molar refractivity (Wildman–Crippen MR) is 81.9 cm³/mol. The van der Waals surface area contributed by atoms with Gasteiger partial charge in [-0.3, -0.25) is 9.59 Å². The van der Waals surface area contributed by atoms with Crippen LogP contribution in [0.3, 0.4) is 0 Å². The molecule has 10 heteroatoms. The summed E-state index contributed by atoms with van der Waals surface area (Å²) in [5.41, 5.74) is 0.115. The van der Waals surface area contributed by atoms with Gasteiger partial charge in [-0.05, 0) is 6.42 Å². The summed E-state index contributed by atoms with van der Waals surface area (Å²) < 4.78 is 29.5. The lowest BCUT2D eigenvalue weighted by molar-refractivity contribution is -0.130. The summed E-state index contributed by atoms with van der Waals surface area (Å²) in [5, 5.41) is 6.67. The number of carbonyl (C=O) groups excluding carboxylic acids is 2. The van der Waals surface area contributed by atoms with Crippen molar-refractivity contribution in [2.75, 3.05) is 32.2 Å². The molecule has 1 saturated heterocycles. The molecule has 1 aliphatic rings. The zero-order valence-electron chi connectivity index (χ0n) is 13.3. The zero-order chi connectivity index (χ0) is 17.2. The average molecular weight is 344 g/mol. The van der Waals surface area contributed by atoms with E-state index in [1.807, 2.05) is 0 Å². The minimum Gasteiger partial charge on any atom is -0.468 e. The molecule has 0 aliphatic carbocycles. The summed E-state index contributed by atoms with van der Waals surface area (Å²) in [4.78, 5) is 25.0. The van der Waals surface area contributed by atoms with E-state index in [0.29, 0.717) is 6.42 Å². The number of ether oxygens (including phenoxy) is 1. The van der Waals surface area contributed by atoms with Gasteiger partial charge in [-0.15, -0.1) is 0 Å². The highest BCUT2D eigenvalue weighted by Gasteiger charge is 2.29. The number of aromatic nitrogens is 2. The van der Waals surface area contributed by atoms with Crippen LogP contribution in [0.5, 0.6) is 5.88 Å². The summed E-state index contributed by atoms with van der Waals surface area (Å²) in [5.74, 6) is -0.359. The first-order valence-electron chi connectivity index (χ1n) is 7.06. The molecule has 1 N–H and O–H groups in total. The van der Waals surface area contributed by atoms with Gasteiger partial charge in [-0.25, -0.2) is 13.1 Å². The van der Waals surface area contributed by atoms with Crippen molar-refractivity contribution in [3.8, 4) is 5.88 Å². The molecule has 1 aromatic heterocycles. The molecular formula is C13H20N4O5S. The highest BCUT2D eigenvalue weighted by atomic mass is 32.2. The molecule has 2 heterocycles. The first-order chi connectivity index (χ1) is 10.7. The van der Waals surface area contributed by atoms with Crippen LogP contribution in [-0.4, -0.2) is 73.2 Å². The molecule has 2 amide bonds. The van der Waals surface area contributed by atoms with Gasteiger partial charge >= 0.3 is 0 Å². The Morgan fingerprint density at radius 2 is 2.17 bits per heavy atom. The highest BCUT2D eigenvalue weighted by molar-refractivity contribution is 7.91. The third kappa shape index (κ3) is 4.44. The second kappa shape index (κ2) is 6.57. The van der Waals surface area contributed by atoms with E-state index in [1.54, 1.807) is 21.1 Å². The number of hydrogen-bond acceptors (Lipinski definition) is 6. The van der Waals surface area contributed by atoms with Crippen molar-refractivity contribution in [1.29, 1.82) is 0 Å². The Labute approximate surface area is 134 Å². The lowest BCUT2D eigenvalue weighted by Crippen LogP contribution is -2.35. The van der Waals surface area contributed by atoms with E-state index in [4.69, 9.17) is 4.74 Å². The van der Waals surface area contributed by atoms with Crippen molar-refractivity contribution in [2.45, 2.75) is 12.5 Å². The maximum atomic E-state index is 12.1. The van der Waals surface area contributed by atoms with Gasteiger partial charge in [0, 0.05) is 33.3 Å². The van der Waals surface area contributed by atoms with Crippen molar-refractivity contribution < 1.29 is 22.7 Å². The number of likely N-dealkylation sites (N-methyl/N-ethyl adjacent to an activating group) is 1. The second-order valence-corrected chi connectivity index (χ2v) is 7.87. The zero-order valence-corrected chi connectivity index (χ0v) is 14.1. The Bertz CT molecular complexity index is 710. The molecule has 1 atom stereocenters. The minimum atomic E-state index is -3.06. The normalized spacial score (nSPS) is 19.3. The SMILES string of the molecule is CN(C)C(=O)COc1cc(C(=O)N[C@H]2CCS(=O)(=O)C2)nn1C.